The minimum absolute atomic E-state index is 0.452. The van der Waals surface area contributed by atoms with Crippen LogP contribution in [0.1, 0.15) is 32.3 Å². The van der Waals surface area contributed by atoms with Gasteiger partial charge in [-0.1, -0.05) is 26.0 Å². The molecule has 0 atom stereocenters. The fourth-order valence-corrected chi connectivity index (χ4v) is 2.80. The van der Waals surface area contributed by atoms with E-state index in [2.05, 4.69) is 38.1 Å². The maximum atomic E-state index is 11.1. The van der Waals surface area contributed by atoms with E-state index >= 15 is 0 Å². The van der Waals surface area contributed by atoms with Gasteiger partial charge in [-0.05, 0) is 37.0 Å². The van der Waals surface area contributed by atoms with Crippen LogP contribution in [0.25, 0.3) is 0 Å². The molecule has 3 heteroatoms. The summed E-state index contributed by atoms with van der Waals surface area (Å²) >= 11 is 1.83. The van der Waals surface area contributed by atoms with Gasteiger partial charge in [0.25, 0.3) is 0 Å². The Hall–Kier alpha value is -0.960. The van der Waals surface area contributed by atoms with E-state index in [1.54, 1.807) is 0 Å². The van der Waals surface area contributed by atoms with Crippen molar-refractivity contribution in [1.82, 2.24) is 0 Å². The van der Waals surface area contributed by atoms with Crippen molar-refractivity contribution >= 4 is 17.7 Å². The topological polar surface area (TPSA) is 37.3 Å². The van der Waals surface area contributed by atoms with Gasteiger partial charge in [0.05, 0.1) is 5.41 Å². The zero-order chi connectivity index (χ0) is 12.5. The minimum atomic E-state index is -0.641. The average Bonchev–Trinajstić information content (AvgIpc) is 3.01. The first-order chi connectivity index (χ1) is 8.02. The van der Waals surface area contributed by atoms with Gasteiger partial charge in [-0.2, -0.15) is 0 Å². The van der Waals surface area contributed by atoms with Crippen LogP contribution in [0.2, 0.25) is 0 Å². The molecule has 0 amide bonds. The summed E-state index contributed by atoms with van der Waals surface area (Å²) in [5.74, 6) is -0.641. The van der Waals surface area contributed by atoms with Crippen molar-refractivity contribution in [3.63, 3.8) is 0 Å². The molecule has 1 N–H and O–H groups in total. The second-order valence-corrected chi connectivity index (χ2v) is 6.72. The molecule has 0 aliphatic heterocycles. The van der Waals surface area contributed by atoms with E-state index in [9.17, 15) is 4.79 Å². The summed E-state index contributed by atoms with van der Waals surface area (Å²) in [6, 6.07) is 8.32. The van der Waals surface area contributed by atoms with Gasteiger partial charge in [0.2, 0.25) is 0 Å². The van der Waals surface area contributed by atoms with Crippen LogP contribution in [0.15, 0.2) is 29.2 Å². The lowest BCUT2D eigenvalue weighted by molar-refractivity contribution is -0.143. The van der Waals surface area contributed by atoms with Gasteiger partial charge < -0.3 is 5.11 Å². The third-order valence-corrected chi connectivity index (χ3v) is 4.16. The molecule has 1 aromatic rings. The molecule has 0 bridgehead atoms. The summed E-state index contributed by atoms with van der Waals surface area (Å²) in [5, 5.41) is 9.71. The van der Waals surface area contributed by atoms with Gasteiger partial charge >= 0.3 is 5.97 Å². The van der Waals surface area contributed by atoms with Crippen molar-refractivity contribution in [3.05, 3.63) is 29.8 Å². The van der Waals surface area contributed by atoms with Crippen LogP contribution < -0.4 is 0 Å². The predicted molar refractivity (Wildman–Crippen MR) is 70.4 cm³/mol. The predicted octanol–water partition coefficient (Wildman–Crippen LogP) is 3.59. The molecule has 0 unspecified atom stereocenters. The Morgan fingerprint density at radius 1 is 1.35 bits per heavy atom. The van der Waals surface area contributed by atoms with Crippen LogP contribution in [0.5, 0.6) is 0 Å². The first kappa shape index (κ1) is 12.5. The summed E-state index contributed by atoms with van der Waals surface area (Å²) < 4.78 is 0. The number of aliphatic carboxylic acids is 1. The van der Waals surface area contributed by atoms with Crippen LogP contribution in [0.4, 0.5) is 0 Å². The summed E-state index contributed by atoms with van der Waals surface area (Å²) in [5.41, 5.74) is 0.685. The monoisotopic (exact) mass is 250 g/mol. The highest BCUT2D eigenvalue weighted by molar-refractivity contribution is 7.99. The Balaban J connectivity index is 2.01. The Morgan fingerprint density at radius 3 is 2.35 bits per heavy atom. The number of hydrogen-bond acceptors (Lipinski definition) is 2. The molecular weight excluding hydrogens is 232 g/mol. The number of carboxylic acid groups (broad SMARTS) is 1. The maximum Gasteiger partial charge on any atom is 0.309 e. The fraction of sp³-hybridized carbons (Fsp3) is 0.500. The highest BCUT2D eigenvalue weighted by Gasteiger charge is 2.49. The van der Waals surface area contributed by atoms with Crippen LogP contribution in [-0.4, -0.2) is 16.3 Å². The number of rotatable bonds is 5. The Bertz CT molecular complexity index is 405. The molecule has 0 saturated heterocycles. The van der Waals surface area contributed by atoms with E-state index in [-0.39, 0.29) is 0 Å². The first-order valence-electron chi connectivity index (χ1n) is 6.01. The van der Waals surface area contributed by atoms with E-state index < -0.39 is 11.4 Å². The van der Waals surface area contributed by atoms with Gasteiger partial charge in [-0.15, -0.1) is 11.8 Å². The Morgan fingerprint density at radius 2 is 1.94 bits per heavy atom. The average molecular weight is 250 g/mol. The summed E-state index contributed by atoms with van der Waals surface area (Å²) in [6.07, 6.45) is 2.32. The zero-order valence-corrected chi connectivity index (χ0v) is 11.1. The third kappa shape index (κ3) is 3.03. The second-order valence-electron chi connectivity index (χ2n) is 5.07. The van der Waals surface area contributed by atoms with Crippen LogP contribution >= 0.6 is 11.8 Å². The van der Waals surface area contributed by atoms with E-state index in [4.69, 9.17) is 5.11 Å². The number of carboxylic acids is 1. The molecule has 2 rings (SSSR count). The van der Waals surface area contributed by atoms with Gasteiger partial charge in [0.1, 0.15) is 0 Å². The molecule has 1 fully saturated rings. The zero-order valence-electron chi connectivity index (χ0n) is 10.3. The van der Waals surface area contributed by atoms with E-state index in [0.717, 1.165) is 18.4 Å². The molecule has 1 saturated carbocycles. The quantitative estimate of drug-likeness (QED) is 0.811. The second kappa shape index (κ2) is 4.73. The van der Waals surface area contributed by atoms with Crippen molar-refractivity contribution < 1.29 is 9.90 Å². The molecule has 0 spiro atoms. The van der Waals surface area contributed by atoms with E-state index in [0.29, 0.717) is 11.7 Å². The van der Waals surface area contributed by atoms with Crippen molar-refractivity contribution in [3.8, 4) is 0 Å². The molecule has 0 heterocycles. The lowest BCUT2D eigenvalue weighted by Crippen LogP contribution is -2.17. The molecule has 1 aliphatic rings. The lowest BCUT2D eigenvalue weighted by Gasteiger charge is -2.10. The Labute approximate surface area is 106 Å². The van der Waals surface area contributed by atoms with Crippen molar-refractivity contribution in [2.75, 3.05) is 0 Å². The van der Waals surface area contributed by atoms with Gasteiger partial charge in [-0.25, -0.2) is 0 Å². The van der Waals surface area contributed by atoms with Gasteiger partial charge in [-0.3, -0.25) is 4.79 Å². The molecule has 1 aromatic carbocycles. The molecule has 17 heavy (non-hydrogen) atoms. The van der Waals surface area contributed by atoms with Crippen LogP contribution in [0.3, 0.4) is 0 Å². The van der Waals surface area contributed by atoms with Gasteiger partial charge in [0.15, 0.2) is 0 Å². The molecule has 0 aromatic heterocycles. The third-order valence-electron chi connectivity index (χ3n) is 3.14. The van der Waals surface area contributed by atoms with Gasteiger partial charge in [0, 0.05) is 10.1 Å². The smallest absolute Gasteiger partial charge is 0.309 e. The van der Waals surface area contributed by atoms with Crippen LogP contribution in [-0.2, 0) is 11.2 Å². The molecule has 92 valence electrons. The van der Waals surface area contributed by atoms with Crippen molar-refractivity contribution in [2.45, 2.75) is 43.3 Å². The van der Waals surface area contributed by atoms with Crippen LogP contribution in [0, 0.1) is 5.41 Å². The van der Waals surface area contributed by atoms with Crippen molar-refractivity contribution in [2.24, 2.45) is 5.41 Å². The standard InChI is InChI=1S/C14H18O2S/c1-10(2)17-12-5-3-11(4-6-12)9-14(7-8-14)13(15)16/h3-6,10H,7-9H2,1-2H3,(H,15,16). The number of carbonyl (C=O) groups is 1. The SMILES string of the molecule is CC(C)Sc1ccc(CC2(C(=O)O)CC2)cc1. The summed E-state index contributed by atoms with van der Waals surface area (Å²) in [6.45, 7) is 4.34. The Kier molecular flexibility index (Phi) is 3.48. The maximum absolute atomic E-state index is 11.1. The molecule has 2 nitrogen and oxygen atoms in total. The normalized spacial score (nSPS) is 17.1. The van der Waals surface area contributed by atoms with E-state index in [1.165, 1.54) is 4.90 Å². The number of thioether (sulfide) groups is 1. The molecule has 0 radical (unpaired) electrons. The fourth-order valence-electron chi connectivity index (χ4n) is 1.97. The summed E-state index contributed by atoms with van der Waals surface area (Å²) in [4.78, 5) is 12.3. The lowest BCUT2D eigenvalue weighted by atomic mass is 9.97. The number of benzene rings is 1. The largest absolute Gasteiger partial charge is 0.481 e. The van der Waals surface area contributed by atoms with E-state index in [1.807, 2.05) is 11.8 Å². The minimum Gasteiger partial charge on any atom is -0.481 e. The summed E-state index contributed by atoms with van der Waals surface area (Å²) in [7, 11) is 0. The first-order valence-corrected chi connectivity index (χ1v) is 6.89. The molecular formula is C14H18O2S. The number of hydrogen-bond donors (Lipinski definition) is 1. The highest BCUT2D eigenvalue weighted by Crippen LogP contribution is 2.48. The molecule has 1 aliphatic carbocycles. The van der Waals surface area contributed by atoms with Crippen molar-refractivity contribution in [1.29, 1.82) is 0 Å². The highest BCUT2D eigenvalue weighted by atomic mass is 32.2.